The molecule has 0 aliphatic heterocycles. The highest BCUT2D eigenvalue weighted by Gasteiger charge is 2.14. The van der Waals surface area contributed by atoms with Crippen molar-refractivity contribution in [2.24, 2.45) is 0 Å². The maximum atomic E-state index is 10.4. The predicted molar refractivity (Wildman–Crippen MR) is 82.1 cm³/mol. The third kappa shape index (κ3) is 3.22. The van der Waals surface area contributed by atoms with E-state index in [0.29, 0.717) is 11.4 Å². The van der Waals surface area contributed by atoms with Gasteiger partial charge in [-0.05, 0) is 43.5 Å². The molecule has 1 atom stereocenters. The zero-order valence-electron chi connectivity index (χ0n) is 12.2. The van der Waals surface area contributed by atoms with Crippen molar-refractivity contribution in [3.8, 4) is 0 Å². The molecule has 0 saturated heterocycles. The second-order valence-electron chi connectivity index (χ2n) is 5.02. The highest BCUT2D eigenvalue weighted by atomic mass is 35.5. The number of aliphatic hydroxyl groups excluding tert-OH is 1. The van der Waals surface area contributed by atoms with Crippen LogP contribution in [0.2, 0.25) is 5.02 Å². The summed E-state index contributed by atoms with van der Waals surface area (Å²) in [5.41, 5.74) is 4.00. The number of aryl methyl sites for hydroxylation is 3. The monoisotopic (exact) mass is 292 g/mol. The van der Waals surface area contributed by atoms with Crippen LogP contribution in [0.5, 0.6) is 0 Å². The zero-order chi connectivity index (χ0) is 14.7. The second-order valence-corrected chi connectivity index (χ2v) is 5.43. The highest BCUT2D eigenvalue weighted by Crippen LogP contribution is 2.24. The van der Waals surface area contributed by atoms with Gasteiger partial charge in [-0.25, -0.2) is 0 Å². The summed E-state index contributed by atoms with van der Waals surface area (Å²) >= 11 is 6.12. The third-order valence-electron chi connectivity index (χ3n) is 3.56. The van der Waals surface area contributed by atoms with Gasteiger partial charge in [0.2, 0.25) is 0 Å². The van der Waals surface area contributed by atoms with Crippen molar-refractivity contribution in [1.29, 1.82) is 0 Å². The fourth-order valence-corrected chi connectivity index (χ4v) is 2.45. The SMILES string of the molecule is CCc1cc(CC(O)c2ccc(C)c(Cl)c2)n(CC)n1. The molecule has 0 radical (unpaired) electrons. The lowest BCUT2D eigenvalue weighted by molar-refractivity contribution is 0.175. The number of aromatic nitrogens is 2. The van der Waals surface area contributed by atoms with E-state index in [1.54, 1.807) is 0 Å². The van der Waals surface area contributed by atoms with Crippen LogP contribution in [-0.2, 0) is 19.4 Å². The van der Waals surface area contributed by atoms with Gasteiger partial charge in [0.25, 0.3) is 0 Å². The molecule has 1 aromatic heterocycles. The van der Waals surface area contributed by atoms with E-state index in [-0.39, 0.29) is 0 Å². The maximum Gasteiger partial charge on any atom is 0.0845 e. The van der Waals surface area contributed by atoms with E-state index in [1.165, 1.54) is 0 Å². The molecule has 0 aliphatic carbocycles. The molecular formula is C16H21ClN2O. The molecule has 0 saturated carbocycles. The van der Waals surface area contributed by atoms with E-state index >= 15 is 0 Å². The number of benzene rings is 1. The van der Waals surface area contributed by atoms with Gasteiger partial charge in [-0.3, -0.25) is 4.68 Å². The van der Waals surface area contributed by atoms with Crippen LogP contribution in [0.15, 0.2) is 24.3 Å². The van der Waals surface area contributed by atoms with Gasteiger partial charge in [0.15, 0.2) is 0 Å². The van der Waals surface area contributed by atoms with Crippen molar-refractivity contribution in [1.82, 2.24) is 9.78 Å². The Kier molecular flexibility index (Phi) is 4.84. The summed E-state index contributed by atoms with van der Waals surface area (Å²) in [5.74, 6) is 0. The number of rotatable bonds is 5. The van der Waals surface area contributed by atoms with Crippen molar-refractivity contribution in [3.63, 3.8) is 0 Å². The van der Waals surface area contributed by atoms with Crippen LogP contribution >= 0.6 is 11.6 Å². The summed E-state index contributed by atoms with van der Waals surface area (Å²) in [6, 6.07) is 7.78. The van der Waals surface area contributed by atoms with E-state index in [4.69, 9.17) is 11.6 Å². The zero-order valence-corrected chi connectivity index (χ0v) is 13.0. The van der Waals surface area contributed by atoms with Gasteiger partial charge in [-0.15, -0.1) is 0 Å². The molecule has 4 heteroatoms. The van der Waals surface area contributed by atoms with Crippen LogP contribution < -0.4 is 0 Å². The highest BCUT2D eigenvalue weighted by molar-refractivity contribution is 6.31. The summed E-state index contributed by atoms with van der Waals surface area (Å²) in [7, 11) is 0. The van der Waals surface area contributed by atoms with Gasteiger partial charge < -0.3 is 5.11 Å². The Morgan fingerprint density at radius 2 is 2.05 bits per heavy atom. The second kappa shape index (κ2) is 6.42. The number of hydrogen-bond acceptors (Lipinski definition) is 2. The topological polar surface area (TPSA) is 38.0 Å². The van der Waals surface area contributed by atoms with Gasteiger partial charge >= 0.3 is 0 Å². The van der Waals surface area contributed by atoms with Gasteiger partial charge in [-0.1, -0.05) is 30.7 Å². The van der Waals surface area contributed by atoms with Gasteiger partial charge in [-0.2, -0.15) is 5.10 Å². The first-order valence-corrected chi connectivity index (χ1v) is 7.42. The third-order valence-corrected chi connectivity index (χ3v) is 3.97. The first-order chi connectivity index (χ1) is 9.55. The van der Waals surface area contributed by atoms with Crippen molar-refractivity contribution >= 4 is 11.6 Å². The fourth-order valence-electron chi connectivity index (χ4n) is 2.26. The molecule has 0 fully saturated rings. The summed E-state index contributed by atoms with van der Waals surface area (Å²) in [6.45, 7) is 6.92. The first kappa shape index (κ1) is 15.1. The largest absolute Gasteiger partial charge is 0.388 e. The molecule has 2 rings (SSSR count). The Morgan fingerprint density at radius 1 is 1.30 bits per heavy atom. The molecular weight excluding hydrogens is 272 g/mol. The molecule has 1 N–H and O–H groups in total. The molecule has 108 valence electrons. The van der Waals surface area contributed by atoms with Crippen LogP contribution in [0.25, 0.3) is 0 Å². The molecule has 1 unspecified atom stereocenters. The van der Waals surface area contributed by atoms with Gasteiger partial charge in [0.05, 0.1) is 11.8 Å². The molecule has 0 aliphatic rings. The van der Waals surface area contributed by atoms with Crippen molar-refractivity contribution in [3.05, 3.63) is 51.8 Å². The van der Waals surface area contributed by atoms with Crippen LogP contribution in [0.3, 0.4) is 0 Å². The summed E-state index contributed by atoms with van der Waals surface area (Å²) in [4.78, 5) is 0. The number of hydrogen-bond donors (Lipinski definition) is 1. The van der Waals surface area contributed by atoms with Crippen molar-refractivity contribution < 1.29 is 5.11 Å². The Morgan fingerprint density at radius 3 is 2.65 bits per heavy atom. The average molecular weight is 293 g/mol. The van der Waals surface area contributed by atoms with Crippen LogP contribution in [0.1, 0.15) is 42.5 Å². The van der Waals surface area contributed by atoms with Crippen molar-refractivity contribution in [2.45, 2.75) is 46.3 Å². The van der Waals surface area contributed by atoms with Gasteiger partial charge in [0, 0.05) is 23.7 Å². The standard InChI is InChI=1S/C16H21ClN2O/c1-4-13-9-14(19(5-2)18-13)10-16(20)12-7-6-11(3)15(17)8-12/h6-9,16,20H,4-5,10H2,1-3H3. The lowest BCUT2D eigenvalue weighted by Gasteiger charge is -2.13. The molecule has 20 heavy (non-hydrogen) atoms. The number of halogens is 1. The molecule has 0 bridgehead atoms. The van der Waals surface area contributed by atoms with Crippen LogP contribution in [0, 0.1) is 6.92 Å². The smallest absolute Gasteiger partial charge is 0.0845 e. The minimum absolute atomic E-state index is 0.556. The van der Waals surface area contributed by atoms with E-state index in [0.717, 1.165) is 35.5 Å². The van der Waals surface area contributed by atoms with E-state index in [1.807, 2.05) is 29.8 Å². The quantitative estimate of drug-likeness (QED) is 0.912. The van der Waals surface area contributed by atoms with Crippen LogP contribution in [-0.4, -0.2) is 14.9 Å². The first-order valence-electron chi connectivity index (χ1n) is 7.04. The Balaban J connectivity index is 2.20. The molecule has 1 aromatic carbocycles. The van der Waals surface area contributed by atoms with E-state index < -0.39 is 6.10 Å². The van der Waals surface area contributed by atoms with E-state index in [9.17, 15) is 5.11 Å². The minimum Gasteiger partial charge on any atom is -0.388 e. The molecule has 1 heterocycles. The Bertz CT molecular complexity index is 592. The van der Waals surface area contributed by atoms with Crippen LogP contribution in [0.4, 0.5) is 0 Å². The minimum atomic E-state index is -0.556. The molecule has 3 nitrogen and oxygen atoms in total. The fraction of sp³-hybridized carbons (Fsp3) is 0.438. The lowest BCUT2D eigenvalue weighted by atomic mass is 10.0. The van der Waals surface area contributed by atoms with E-state index in [2.05, 4.69) is 25.0 Å². The summed E-state index contributed by atoms with van der Waals surface area (Å²) < 4.78 is 1.96. The number of nitrogens with zero attached hydrogens (tertiary/aromatic N) is 2. The Hall–Kier alpha value is -1.32. The van der Waals surface area contributed by atoms with Crippen molar-refractivity contribution in [2.75, 3.05) is 0 Å². The normalized spacial score (nSPS) is 12.7. The molecule has 0 amide bonds. The maximum absolute atomic E-state index is 10.4. The lowest BCUT2D eigenvalue weighted by Crippen LogP contribution is -2.08. The van der Waals surface area contributed by atoms with Gasteiger partial charge in [0.1, 0.15) is 0 Å². The average Bonchev–Trinajstić information content (AvgIpc) is 2.84. The molecule has 0 spiro atoms. The Labute approximate surface area is 125 Å². The summed E-state index contributed by atoms with van der Waals surface area (Å²) in [5, 5.41) is 15.6. The summed E-state index contributed by atoms with van der Waals surface area (Å²) in [6.07, 6.45) is 0.909. The number of aliphatic hydroxyl groups is 1. The predicted octanol–water partition coefficient (Wildman–Crippen LogP) is 3.70. The molecule has 2 aromatic rings.